The molecule has 0 unspecified atom stereocenters. The van der Waals surface area contributed by atoms with Crippen molar-refractivity contribution in [1.29, 1.82) is 0 Å². The smallest absolute Gasteiger partial charge is 0.300 e. The van der Waals surface area contributed by atoms with Gasteiger partial charge in [0.1, 0.15) is 0 Å². The van der Waals surface area contributed by atoms with Gasteiger partial charge >= 0.3 is 0 Å². The Morgan fingerprint density at radius 1 is 0.750 bits per heavy atom. The number of aliphatic carboxylic acids is 1. The predicted molar refractivity (Wildman–Crippen MR) is 64.4 cm³/mol. The summed E-state index contributed by atoms with van der Waals surface area (Å²) in [5, 5.41) is 24.4. The molecule has 0 amide bonds. The van der Waals surface area contributed by atoms with Gasteiger partial charge in [0.15, 0.2) is 0 Å². The molecule has 0 bridgehead atoms. The molecule has 0 aromatic carbocycles. The normalized spacial score (nSPS) is 9.44. The molecule has 16 heavy (non-hydrogen) atoms. The Bertz CT molecular complexity index is 123. The van der Waals surface area contributed by atoms with E-state index < -0.39 is 5.97 Å². The van der Waals surface area contributed by atoms with E-state index in [1.807, 2.05) is 0 Å². The zero-order valence-electron chi connectivity index (χ0n) is 10.3. The lowest BCUT2D eigenvalue weighted by molar-refractivity contribution is -0.134. The van der Waals surface area contributed by atoms with Gasteiger partial charge in [-0.25, -0.2) is 0 Å². The van der Waals surface area contributed by atoms with Gasteiger partial charge in [-0.2, -0.15) is 0 Å². The van der Waals surface area contributed by atoms with Crippen LogP contribution in [0.15, 0.2) is 0 Å². The van der Waals surface area contributed by atoms with Gasteiger partial charge in [-0.15, -0.1) is 0 Å². The van der Waals surface area contributed by atoms with Crippen LogP contribution in [0.2, 0.25) is 0 Å². The summed E-state index contributed by atoms with van der Waals surface area (Å²) < 4.78 is 0. The molecule has 0 aromatic rings. The first kappa shape index (κ1) is 17.8. The van der Waals surface area contributed by atoms with E-state index in [-0.39, 0.29) is 0 Å². The Morgan fingerprint density at radius 3 is 1.12 bits per heavy atom. The third-order valence-electron chi connectivity index (χ3n) is 2.07. The van der Waals surface area contributed by atoms with Gasteiger partial charge in [0.25, 0.3) is 5.97 Å². The lowest BCUT2D eigenvalue weighted by Gasteiger charge is -1.99. The molecule has 3 N–H and O–H groups in total. The van der Waals surface area contributed by atoms with Crippen LogP contribution in [0.3, 0.4) is 0 Å². The Morgan fingerprint density at radius 2 is 0.938 bits per heavy atom. The molecule has 0 fully saturated rings. The molecular formula is C12H26O4. The minimum Gasteiger partial charge on any atom is -0.481 e. The summed E-state index contributed by atoms with van der Waals surface area (Å²) in [5.74, 6) is -0.833. The summed E-state index contributed by atoms with van der Waals surface area (Å²) in [6.07, 6.45) is 9.30. The number of carboxylic acids is 1. The van der Waals surface area contributed by atoms with Crippen LogP contribution in [-0.4, -0.2) is 34.5 Å². The molecule has 0 radical (unpaired) electrons. The van der Waals surface area contributed by atoms with E-state index in [0.29, 0.717) is 13.2 Å². The average molecular weight is 234 g/mol. The maximum absolute atomic E-state index is 9.00. The van der Waals surface area contributed by atoms with Gasteiger partial charge in [-0.1, -0.05) is 38.5 Å². The van der Waals surface area contributed by atoms with Crippen molar-refractivity contribution in [2.24, 2.45) is 0 Å². The SMILES string of the molecule is CC(=O)O.OCCCCCCCCCCO. The monoisotopic (exact) mass is 234 g/mol. The third kappa shape index (κ3) is 29.2. The van der Waals surface area contributed by atoms with Crippen molar-refractivity contribution in [2.75, 3.05) is 13.2 Å². The number of aliphatic hydroxyl groups is 2. The van der Waals surface area contributed by atoms with Gasteiger partial charge in [0, 0.05) is 20.1 Å². The fourth-order valence-electron chi connectivity index (χ4n) is 1.28. The standard InChI is InChI=1S/C10H22O2.C2H4O2/c11-9-7-5-3-1-2-4-6-8-10-12;1-2(3)4/h11-12H,1-10H2;1H3,(H,3,4). The quantitative estimate of drug-likeness (QED) is 0.534. The fourth-order valence-corrected chi connectivity index (χ4v) is 1.28. The van der Waals surface area contributed by atoms with E-state index in [1.165, 1.54) is 25.7 Å². The van der Waals surface area contributed by atoms with Crippen LogP contribution in [0.1, 0.15) is 58.3 Å². The number of carbonyl (C=O) groups is 1. The van der Waals surface area contributed by atoms with Gasteiger partial charge in [-0.3, -0.25) is 4.79 Å². The van der Waals surface area contributed by atoms with Crippen LogP contribution in [0, 0.1) is 0 Å². The van der Waals surface area contributed by atoms with Crippen molar-refractivity contribution < 1.29 is 20.1 Å². The third-order valence-corrected chi connectivity index (χ3v) is 2.07. The van der Waals surface area contributed by atoms with E-state index >= 15 is 0 Å². The zero-order chi connectivity index (χ0) is 12.6. The largest absolute Gasteiger partial charge is 0.481 e. The van der Waals surface area contributed by atoms with Gasteiger partial charge in [0.2, 0.25) is 0 Å². The number of rotatable bonds is 9. The second-order valence-corrected chi connectivity index (χ2v) is 3.79. The second kappa shape index (κ2) is 16.8. The summed E-state index contributed by atoms with van der Waals surface area (Å²) in [4.78, 5) is 9.00. The molecule has 4 heteroatoms. The number of carboxylic acid groups (broad SMARTS) is 1. The molecule has 0 rings (SSSR count). The highest BCUT2D eigenvalue weighted by atomic mass is 16.4. The highest BCUT2D eigenvalue weighted by Crippen LogP contribution is 2.07. The molecule has 0 heterocycles. The molecule has 0 saturated carbocycles. The van der Waals surface area contributed by atoms with E-state index in [1.54, 1.807) is 0 Å². The maximum Gasteiger partial charge on any atom is 0.300 e. The van der Waals surface area contributed by atoms with Crippen LogP contribution in [0.5, 0.6) is 0 Å². The zero-order valence-corrected chi connectivity index (χ0v) is 10.3. The molecule has 0 atom stereocenters. The Balaban J connectivity index is 0. The fraction of sp³-hybridized carbons (Fsp3) is 0.917. The van der Waals surface area contributed by atoms with Crippen LogP contribution in [0.4, 0.5) is 0 Å². The van der Waals surface area contributed by atoms with Gasteiger partial charge < -0.3 is 15.3 Å². The van der Waals surface area contributed by atoms with Crippen molar-refractivity contribution in [3.8, 4) is 0 Å². The molecule has 0 aliphatic rings. The van der Waals surface area contributed by atoms with Crippen molar-refractivity contribution in [1.82, 2.24) is 0 Å². The van der Waals surface area contributed by atoms with E-state index in [0.717, 1.165) is 32.6 Å². The number of hydrogen-bond donors (Lipinski definition) is 3. The molecule has 0 aliphatic heterocycles. The summed E-state index contributed by atoms with van der Waals surface area (Å²) in [5.41, 5.74) is 0. The van der Waals surface area contributed by atoms with E-state index in [9.17, 15) is 0 Å². The van der Waals surface area contributed by atoms with Crippen molar-refractivity contribution >= 4 is 5.97 Å². The summed E-state index contributed by atoms with van der Waals surface area (Å²) >= 11 is 0. The topological polar surface area (TPSA) is 77.8 Å². The highest BCUT2D eigenvalue weighted by molar-refractivity contribution is 5.62. The average Bonchev–Trinajstić information content (AvgIpc) is 2.21. The van der Waals surface area contributed by atoms with Crippen molar-refractivity contribution in [3.63, 3.8) is 0 Å². The minimum absolute atomic E-state index is 0.338. The van der Waals surface area contributed by atoms with Crippen LogP contribution >= 0.6 is 0 Å². The van der Waals surface area contributed by atoms with Crippen LogP contribution in [-0.2, 0) is 4.79 Å². The first-order valence-electron chi connectivity index (χ1n) is 6.06. The number of hydrogen-bond acceptors (Lipinski definition) is 3. The van der Waals surface area contributed by atoms with Crippen LogP contribution in [0.25, 0.3) is 0 Å². The maximum atomic E-state index is 9.00. The molecule has 0 saturated heterocycles. The lowest BCUT2D eigenvalue weighted by Crippen LogP contribution is -1.85. The molecule has 0 spiro atoms. The Kier molecular flexibility index (Phi) is 18.7. The molecule has 4 nitrogen and oxygen atoms in total. The minimum atomic E-state index is -0.833. The summed E-state index contributed by atoms with van der Waals surface area (Å²) in [7, 11) is 0. The first-order valence-corrected chi connectivity index (χ1v) is 6.06. The number of unbranched alkanes of at least 4 members (excludes halogenated alkanes) is 7. The Hall–Kier alpha value is -0.610. The highest BCUT2D eigenvalue weighted by Gasteiger charge is 1.90. The molecular weight excluding hydrogens is 208 g/mol. The van der Waals surface area contributed by atoms with Crippen molar-refractivity contribution in [2.45, 2.75) is 58.3 Å². The lowest BCUT2D eigenvalue weighted by atomic mass is 10.1. The van der Waals surface area contributed by atoms with Gasteiger partial charge in [-0.05, 0) is 12.8 Å². The molecule has 0 aliphatic carbocycles. The van der Waals surface area contributed by atoms with Gasteiger partial charge in [0.05, 0.1) is 0 Å². The summed E-state index contributed by atoms with van der Waals surface area (Å²) in [6.45, 7) is 1.76. The van der Waals surface area contributed by atoms with Crippen molar-refractivity contribution in [3.05, 3.63) is 0 Å². The summed E-state index contributed by atoms with van der Waals surface area (Å²) in [6, 6.07) is 0. The molecule has 98 valence electrons. The van der Waals surface area contributed by atoms with E-state index in [2.05, 4.69) is 0 Å². The van der Waals surface area contributed by atoms with E-state index in [4.69, 9.17) is 20.1 Å². The second-order valence-electron chi connectivity index (χ2n) is 3.79. The molecule has 0 aromatic heterocycles. The van der Waals surface area contributed by atoms with Crippen LogP contribution < -0.4 is 0 Å². The Labute approximate surface area is 98.3 Å². The number of aliphatic hydroxyl groups excluding tert-OH is 2. The predicted octanol–water partition coefficient (Wildman–Crippen LogP) is 2.18. The first-order chi connectivity index (χ1) is 7.65.